The van der Waals surface area contributed by atoms with Crippen LogP contribution in [0.15, 0.2) is 0 Å². The molecule has 0 heterocycles. The molecule has 4 aliphatic rings. The first-order chi connectivity index (χ1) is 7.56. The lowest BCUT2D eigenvalue weighted by Gasteiger charge is -2.48. The predicted molar refractivity (Wildman–Crippen MR) is 69.9 cm³/mol. The van der Waals surface area contributed by atoms with Crippen molar-refractivity contribution in [3.8, 4) is 0 Å². The molecule has 4 bridgehead atoms. The lowest BCUT2D eigenvalue weighted by atomic mass is 9.63. The number of hydrogen-bond acceptors (Lipinski definition) is 1. The molecular weight excluding hydrogens is 317 g/mol. The van der Waals surface area contributed by atoms with Crippen molar-refractivity contribution in [2.75, 3.05) is 0 Å². The number of carbonyl (C=O) groups is 1. The first-order valence-corrected chi connectivity index (χ1v) is 7.46. The van der Waals surface area contributed by atoms with Gasteiger partial charge in [-0.3, -0.25) is 0 Å². The topological polar surface area (TPSA) is 49.3 Å². The molecule has 16 heavy (non-hydrogen) atoms. The Morgan fingerprint density at radius 3 is 2.56 bits per heavy atom. The molecule has 0 aromatic heterocycles. The molecule has 0 aliphatic heterocycles. The van der Waals surface area contributed by atoms with E-state index in [4.69, 9.17) is 5.11 Å². The average Bonchev–Trinajstić information content (AvgIpc) is 2.27. The van der Waals surface area contributed by atoms with Gasteiger partial charge in [-0.15, -0.1) is 0 Å². The van der Waals surface area contributed by atoms with Gasteiger partial charge in [-0.05, 0) is 56.3 Å². The van der Waals surface area contributed by atoms with Gasteiger partial charge in [-0.25, -0.2) is 4.79 Å². The zero-order valence-corrected chi connectivity index (χ0v) is 11.4. The van der Waals surface area contributed by atoms with Gasteiger partial charge in [0.1, 0.15) is 0 Å². The second kappa shape index (κ2) is 3.75. The van der Waals surface area contributed by atoms with E-state index in [9.17, 15) is 4.79 Å². The summed E-state index contributed by atoms with van der Waals surface area (Å²) in [4.78, 5) is 11.0. The summed E-state index contributed by atoms with van der Waals surface area (Å²) in [7, 11) is 0. The molecule has 0 aromatic carbocycles. The van der Waals surface area contributed by atoms with Crippen LogP contribution in [0.1, 0.15) is 38.5 Å². The van der Waals surface area contributed by atoms with Crippen molar-refractivity contribution in [3.63, 3.8) is 0 Å². The zero-order valence-electron chi connectivity index (χ0n) is 9.29. The molecule has 0 spiro atoms. The smallest absolute Gasteiger partial charge is 0.405 e. The Balaban J connectivity index is 1.89. The first kappa shape index (κ1) is 11.1. The van der Waals surface area contributed by atoms with Gasteiger partial charge in [-0.2, -0.15) is 0 Å². The highest BCUT2D eigenvalue weighted by Crippen LogP contribution is 2.54. The molecule has 1 amide bonds. The van der Waals surface area contributed by atoms with Gasteiger partial charge in [0.05, 0.1) is 0 Å². The lowest BCUT2D eigenvalue weighted by molar-refractivity contribution is 0.0723. The fourth-order valence-corrected chi connectivity index (χ4v) is 5.80. The average molecular weight is 335 g/mol. The standard InChI is InChI=1S/C12H18INO2/c13-10-3-8-1-7-2-9(10)6-12(4-7,5-8)14-11(15)16/h7-10,14H,1-6H2,(H,15,16). The number of hydrogen-bond donors (Lipinski definition) is 2. The summed E-state index contributed by atoms with van der Waals surface area (Å²) >= 11 is 2.59. The van der Waals surface area contributed by atoms with Crippen molar-refractivity contribution in [2.45, 2.75) is 48.0 Å². The van der Waals surface area contributed by atoms with E-state index in [1.54, 1.807) is 0 Å². The van der Waals surface area contributed by atoms with Gasteiger partial charge in [0.15, 0.2) is 0 Å². The monoisotopic (exact) mass is 335 g/mol. The summed E-state index contributed by atoms with van der Waals surface area (Å²) in [5.74, 6) is 2.29. The molecule has 4 fully saturated rings. The van der Waals surface area contributed by atoms with Crippen molar-refractivity contribution >= 4 is 28.7 Å². The third-order valence-corrected chi connectivity index (χ3v) is 6.28. The maximum atomic E-state index is 11.0. The van der Waals surface area contributed by atoms with Gasteiger partial charge < -0.3 is 10.4 Å². The second-order valence-electron chi connectivity index (χ2n) is 6.04. The van der Waals surface area contributed by atoms with Gasteiger partial charge in [0.25, 0.3) is 0 Å². The third kappa shape index (κ3) is 1.83. The Bertz CT molecular complexity index is 322. The van der Waals surface area contributed by atoms with Crippen LogP contribution in [0.4, 0.5) is 4.79 Å². The van der Waals surface area contributed by atoms with E-state index in [1.165, 1.54) is 19.3 Å². The van der Waals surface area contributed by atoms with Crippen molar-refractivity contribution in [1.29, 1.82) is 0 Å². The van der Waals surface area contributed by atoms with Crippen LogP contribution in [-0.4, -0.2) is 20.7 Å². The summed E-state index contributed by atoms with van der Waals surface area (Å²) in [6.45, 7) is 0. The van der Waals surface area contributed by atoms with E-state index in [0.717, 1.165) is 40.9 Å². The number of amides is 1. The third-order valence-electron chi connectivity index (χ3n) is 4.76. The Morgan fingerprint density at radius 2 is 1.88 bits per heavy atom. The van der Waals surface area contributed by atoms with Gasteiger partial charge >= 0.3 is 6.09 Å². The molecule has 90 valence electrons. The van der Waals surface area contributed by atoms with Crippen LogP contribution in [0.3, 0.4) is 0 Å². The van der Waals surface area contributed by atoms with E-state index in [2.05, 4.69) is 27.9 Å². The van der Waals surface area contributed by atoms with Crippen LogP contribution in [-0.2, 0) is 0 Å². The van der Waals surface area contributed by atoms with Crippen molar-refractivity contribution in [3.05, 3.63) is 0 Å². The quantitative estimate of drug-likeness (QED) is 0.572. The van der Waals surface area contributed by atoms with Crippen LogP contribution < -0.4 is 5.32 Å². The van der Waals surface area contributed by atoms with E-state index in [0.29, 0.717) is 0 Å². The number of halogens is 1. The largest absolute Gasteiger partial charge is 0.465 e. The molecule has 0 saturated heterocycles. The van der Waals surface area contributed by atoms with Crippen LogP contribution in [0, 0.1) is 17.8 Å². The zero-order chi connectivity index (χ0) is 11.3. The molecule has 4 saturated carbocycles. The number of nitrogens with one attached hydrogen (secondary N) is 1. The summed E-state index contributed by atoms with van der Waals surface area (Å²) < 4.78 is 0.769. The predicted octanol–water partition coefficient (Wildman–Crippen LogP) is 3.03. The molecule has 0 aromatic rings. The van der Waals surface area contributed by atoms with Crippen molar-refractivity contribution in [2.24, 2.45) is 17.8 Å². The minimum absolute atomic E-state index is 0.0672. The molecule has 3 nitrogen and oxygen atoms in total. The molecule has 4 rings (SSSR count). The van der Waals surface area contributed by atoms with Crippen LogP contribution in [0.25, 0.3) is 0 Å². The highest BCUT2D eigenvalue weighted by Gasteiger charge is 2.51. The lowest BCUT2D eigenvalue weighted by Crippen LogP contribution is -2.55. The Hall–Kier alpha value is 0. The minimum Gasteiger partial charge on any atom is -0.465 e. The molecule has 0 radical (unpaired) electrons. The van der Waals surface area contributed by atoms with Crippen LogP contribution in [0.5, 0.6) is 0 Å². The summed E-state index contributed by atoms with van der Waals surface area (Å²) in [6.07, 6.45) is 6.44. The summed E-state index contributed by atoms with van der Waals surface area (Å²) in [5, 5.41) is 11.9. The van der Waals surface area contributed by atoms with Crippen LogP contribution >= 0.6 is 22.6 Å². The summed E-state index contributed by atoms with van der Waals surface area (Å²) in [6, 6.07) is 0. The second-order valence-corrected chi connectivity index (χ2v) is 7.64. The van der Waals surface area contributed by atoms with Crippen molar-refractivity contribution in [1.82, 2.24) is 5.32 Å². The molecule has 4 aliphatic carbocycles. The van der Waals surface area contributed by atoms with E-state index in [1.807, 2.05) is 0 Å². The molecular formula is C12H18INO2. The number of rotatable bonds is 1. The van der Waals surface area contributed by atoms with E-state index < -0.39 is 6.09 Å². The van der Waals surface area contributed by atoms with E-state index >= 15 is 0 Å². The fourth-order valence-electron chi connectivity index (χ4n) is 4.53. The first-order valence-electron chi connectivity index (χ1n) is 6.21. The molecule has 4 heteroatoms. The van der Waals surface area contributed by atoms with Crippen LogP contribution in [0.2, 0.25) is 0 Å². The number of alkyl halides is 1. The van der Waals surface area contributed by atoms with E-state index in [-0.39, 0.29) is 5.54 Å². The number of carboxylic acid groups (broad SMARTS) is 1. The SMILES string of the molecule is O=C(O)NC12CC3CC(CC(C1)C(I)C3)C2. The van der Waals surface area contributed by atoms with Crippen molar-refractivity contribution < 1.29 is 9.90 Å². The molecule has 5 unspecified atom stereocenters. The summed E-state index contributed by atoms with van der Waals surface area (Å²) in [5.41, 5.74) is -0.0672. The van der Waals surface area contributed by atoms with Gasteiger partial charge in [0, 0.05) is 9.46 Å². The Morgan fingerprint density at radius 1 is 1.19 bits per heavy atom. The Kier molecular flexibility index (Phi) is 2.60. The maximum Gasteiger partial charge on any atom is 0.405 e. The Labute approximate surface area is 110 Å². The fraction of sp³-hybridized carbons (Fsp3) is 0.917. The minimum atomic E-state index is -0.827. The normalized spacial score (nSPS) is 50.1. The molecule has 2 N–H and O–H groups in total. The maximum absolute atomic E-state index is 11.0. The molecule has 5 atom stereocenters. The highest BCUT2D eigenvalue weighted by molar-refractivity contribution is 14.1. The number of fused-ring (bicyclic) bond motifs is 1. The van der Waals surface area contributed by atoms with Gasteiger partial charge in [-0.1, -0.05) is 22.6 Å². The van der Waals surface area contributed by atoms with Gasteiger partial charge in [0.2, 0.25) is 0 Å². The highest BCUT2D eigenvalue weighted by atomic mass is 127.